The van der Waals surface area contributed by atoms with Crippen molar-refractivity contribution in [3.63, 3.8) is 0 Å². The normalized spacial score (nSPS) is 13.4. The summed E-state index contributed by atoms with van der Waals surface area (Å²) in [6, 6.07) is 5.87. The van der Waals surface area contributed by atoms with Gasteiger partial charge in [0.25, 0.3) is 0 Å². The van der Waals surface area contributed by atoms with Crippen molar-refractivity contribution in [3.05, 3.63) is 35.6 Å². The second-order valence-electron chi connectivity index (χ2n) is 4.89. The van der Waals surface area contributed by atoms with Gasteiger partial charge < -0.3 is 10.2 Å². The van der Waals surface area contributed by atoms with Crippen LogP contribution in [0.3, 0.4) is 0 Å². The van der Waals surface area contributed by atoms with Crippen molar-refractivity contribution >= 4 is 5.97 Å². The largest absolute Gasteiger partial charge is 0.481 e. The third kappa shape index (κ3) is 4.95. The summed E-state index contributed by atoms with van der Waals surface area (Å²) in [5.74, 6) is -2.07. The van der Waals surface area contributed by atoms with E-state index in [1.54, 1.807) is 26.0 Å². The van der Waals surface area contributed by atoms with Crippen LogP contribution in [0.5, 0.6) is 0 Å². The third-order valence-corrected chi connectivity index (χ3v) is 2.47. The number of hydrogen-bond donors (Lipinski definition) is 2. The lowest BCUT2D eigenvalue weighted by molar-refractivity contribution is -0.143. The molecule has 0 aliphatic carbocycles. The van der Waals surface area contributed by atoms with Gasteiger partial charge in [-0.3, -0.25) is 4.79 Å². The molecule has 0 heterocycles. The molecule has 1 aromatic carbocycles. The maximum Gasteiger partial charge on any atom is 0.306 e. The average molecular weight is 240 g/mol. The summed E-state index contributed by atoms with van der Waals surface area (Å²) in [6.07, 6.45) is 0.357. The van der Waals surface area contributed by atoms with E-state index in [0.29, 0.717) is 5.56 Å². The second kappa shape index (κ2) is 5.27. The predicted molar refractivity (Wildman–Crippen MR) is 62.1 cm³/mol. The van der Waals surface area contributed by atoms with Crippen LogP contribution in [-0.2, 0) is 11.2 Å². The summed E-state index contributed by atoms with van der Waals surface area (Å²) in [5.41, 5.74) is -0.419. The molecule has 0 aromatic heterocycles. The zero-order chi connectivity index (χ0) is 13.1. The van der Waals surface area contributed by atoms with Crippen LogP contribution < -0.4 is 0 Å². The minimum Gasteiger partial charge on any atom is -0.481 e. The molecule has 0 saturated heterocycles. The zero-order valence-corrected chi connectivity index (χ0v) is 9.98. The first-order valence-corrected chi connectivity index (χ1v) is 5.47. The molecule has 0 radical (unpaired) electrons. The number of benzene rings is 1. The van der Waals surface area contributed by atoms with E-state index in [-0.39, 0.29) is 18.7 Å². The lowest BCUT2D eigenvalue weighted by Crippen LogP contribution is -2.28. The summed E-state index contributed by atoms with van der Waals surface area (Å²) >= 11 is 0. The fourth-order valence-electron chi connectivity index (χ4n) is 1.80. The minimum atomic E-state index is -1.05. The Kier molecular flexibility index (Phi) is 4.23. The molecule has 4 heteroatoms. The summed E-state index contributed by atoms with van der Waals surface area (Å²) in [5, 5.41) is 18.7. The fourth-order valence-corrected chi connectivity index (χ4v) is 1.80. The first-order valence-electron chi connectivity index (χ1n) is 5.47. The molecule has 0 fully saturated rings. The molecule has 3 nitrogen and oxygen atoms in total. The molecule has 17 heavy (non-hydrogen) atoms. The van der Waals surface area contributed by atoms with Gasteiger partial charge in [0.05, 0.1) is 11.5 Å². The number of rotatable bonds is 5. The van der Waals surface area contributed by atoms with Gasteiger partial charge in [0.15, 0.2) is 0 Å². The highest BCUT2D eigenvalue weighted by atomic mass is 19.1. The molecule has 0 amide bonds. The van der Waals surface area contributed by atoms with Gasteiger partial charge in [-0.05, 0) is 44.4 Å². The maximum absolute atomic E-state index is 13.0. The Hall–Kier alpha value is -1.42. The molecule has 1 aromatic rings. The molecule has 0 spiro atoms. The first-order chi connectivity index (χ1) is 7.78. The Labute approximate surface area is 99.9 Å². The first kappa shape index (κ1) is 13.6. The van der Waals surface area contributed by atoms with Crippen LogP contribution in [0.2, 0.25) is 0 Å². The Morgan fingerprint density at radius 2 is 2.12 bits per heavy atom. The van der Waals surface area contributed by atoms with Crippen molar-refractivity contribution in [2.45, 2.75) is 32.3 Å². The molecule has 0 aliphatic heterocycles. The number of carbonyl (C=O) groups is 1. The van der Waals surface area contributed by atoms with E-state index in [4.69, 9.17) is 5.11 Å². The quantitative estimate of drug-likeness (QED) is 0.829. The molecule has 2 N–H and O–H groups in total. The molecular weight excluding hydrogens is 223 g/mol. The number of carboxylic acids is 1. The van der Waals surface area contributed by atoms with Crippen LogP contribution in [0.25, 0.3) is 0 Å². The van der Waals surface area contributed by atoms with Crippen molar-refractivity contribution < 1.29 is 19.4 Å². The summed E-state index contributed by atoms with van der Waals surface area (Å²) in [6.45, 7) is 3.13. The van der Waals surface area contributed by atoms with E-state index < -0.39 is 17.5 Å². The van der Waals surface area contributed by atoms with Crippen molar-refractivity contribution in [3.8, 4) is 0 Å². The van der Waals surface area contributed by atoms with E-state index in [2.05, 4.69) is 0 Å². The second-order valence-corrected chi connectivity index (χ2v) is 4.89. The average Bonchev–Trinajstić information content (AvgIpc) is 2.14. The van der Waals surface area contributed by atoms with Gasteiger partial charge in [-0.25, -0.2) is 4.39 Å². The molecule has 0 bridgehead atoms. The Balaban J connectivity index is 2.77. The van der Waals surface area contributed by atoms with Gasteiger partial charge in [0, 0.05) is 0 Å². The number of carboxylic acid groups (broad SMARTS) is 1. The van der Waals surface area contributed by atoms with Crippen molar-refractivity contribution in [1.82, 2.24) is 0 Å². The van der Waals surface area contributed by atoms with Crippen LogP contribution >= 0.6 is 0 Å². The lowest BCUT2D eigenvalue weighted by atomic mass is 9.88. The maximum atomic E-state index is 13.0. The zero-order valence-electron chi connectivity index (χ0n) is 9.98. The summed E-state index contributed by atoms with van der Waals surface area (Å²) in [7, 11) is 0. The van der Waals surface area contributed by atoms with Crippen LogP contribution in [0, 0.1) is 11.7 Å². The topological polar surface area (TPSA) is 57.5 Å². The molecule has 1 rings (SSSR count). The van der Waals surface area contributed by atoms with Gasteiger partial charge in [-0.2, -0.15) is 0 Å². The van der Waals surface area contributed by atoms with Crippen LogP contribution in [-0.4, -0.2) is 21.8 Å². The van der Waals surface area contributed by atoms with Crippen LogP contribution in [0.1, 0.15) is 25.8 Å². The number of halogens is 1. The molecule has 94 valence electrons. The summed E-state index contributed by atoms with van der Waals surface area (Å²) < 4.78 is 13.0. The molecular formula is C13H17FO3. The van der Waals surface area contributed by atoms with Crippen LogP contribution in [0.4, 0.5) is 4.39 Å². The highest BCUT2D eigenvalue weighted by Gasteiger charge is 2.26. The van der Waals surface area contributed by atoms with Gasteiger partial charge >= 0.3 is 5.97 Å². The Morgan fingerprint density at radius 1 is 1.47 bits per heavy atom. The monoisotopic (exact) mass is 240 g/mol. The van der Waals surface area contributed by atoms with Gasteiger partial charge in [-0.1, -0.05) is 12.1 Å². The van der Waals surface area contributed by atoms with E-state index in [0.717, 1.165) is 0 Å². The van der Waals surface area contributed by atoms with E-state index in [1.807, 2.05) is 0 Å². The SMILES string of the molecule is CC(C)(O)CC(Cc1cccc(F)c1)C(=O)O. The lowest BCUT2D eigenvalue weighted by Gasteiger charge is -2.22. The van der Waals surface area contributed by atoms with Crippen molar-refractivity contribution in [1.29, 1.82) is 0 Å². The van der Waals surface area contributed by atoms with Crippen LogP contribution in [0.15, 0.2) is 24.3 Å². The third-order valence-electron chi connectivity index (χ3n) is 2.47. The van der Waals surface area contributed by atoms with Crippen molar-refractivity contribution in [2.75, 3.05) is 0 Å². The van der Waals surface area contributed by atoms with Crippen molar-refractivity contribution in [2.24, 2.45) is 5.92 Å². The van der Waals surface area contributed by atoms with E-state index in [9.17, 15) is 14.3 Å². The van der Waals surface area contributed by atoms with Gasteiger partial charge in [-0.15, -0.1) is 0 Å². The van der Waals surface area contributed by atoms with Gasteiger partial charge in [0.1, 0.15) is 5.82 Å². The molecule has 1 atom stereocenters. The standard InChI is InChI=1S/C13H17FO3/c1-13(2,17)8-10(12(15)16)6-9-4-3-5-11(14)7-9/h3-5,7,10,17H,6,8H2,1-2H3,(H,15,16). The molecule has 1 unspecified atom stereocenters. The Morgan fingerprint density at radius 3 is 2.59 bits per heavy atom. The highest BCUT2D eigenvalue weighted by molar-refractivity contribution is 5.70. The molecule has 0 saturated carbocycles. The number of aliphatic hydroxyl groups is 1. The summed E-state index contributed by atoms with van der Waals surface area (Å²) in [4.78, 5) is 11.1. The fraction of sp³-hybridized carbons (Fsp3) is 0.462. The predicted octanol–water partition coefficient (Wildman–Crippen LogP) is 2.23. The molecule has 0 aliphatic rings. The minimum absolute atomic E-state index is 0.138. The number of hydrogen-bond acceptors (Lipinski definition) is 2. The van der Waals surface area contributed by atoms with Gasteiger partial charge in [0.2, 0.25) is 0 Å². The number of aliphatic carboxylic acids is 1. The van der Waals surface area contributed by atoms with E-state index >= 15 is 0 Å². The smallest absolute Gasteiger partial charge is 0.306 e. The highest BCUT2D eigenvalue weighted by Crippen LogP contribution is 2.21. The Bertz CT molecular complexity index is 396. The van der Waals surface area contributed by atoms with E-state index in [1.165, 1.54) is 12.1 Å².